The molecular formula is C37H38Cl2SiZr. The Balaban J connectivity index is 0.000000200. The first-order valence-corrected chi connectivity index (χ1v) is 21.5. The van der Waals surface area contributed by atoms with E-state index < -0.39 is 20.8 Å². The van der Waals surface area contributed by atoms with Gasteiger partial charge >= 0.3 is 37.9 Å². The normalized spacial score (nSPS) is 11.7. The fourth-order valence-electron chi connectivity index (χ4n) is 5.71. The summed E-state index contributed by atoms with van der Waals surface area (Å²) in [6.07, 6.45) is 1.14. The van der Waals surface area contributed by atoms with Gasteiger partial charge in [0.2, 0.25) is 0 Å². The number of hydrogen-bond donors (Lipinski definition) is 0. The maximum atomic E-state index is 4.93. The van der Waals surface area contributed by atoms with E-state index in [1.807, 2.05) is 6.07 Å². The number of aryl methyl sites for hydroxylation is 2. The number of halogens is 2. The third-order valence-corrected chi connectivity index (χ3v) is 8.61. The predicted molar refractivity (Wildman–Crippen MR) is 179 cm³/mol. The fourth-order valence-corrected chi connectivity index (χ4v) is 7.02. The van der Waals surface area contributed by atoms with Crippen LogP contribution in [-0.2, 0) is 32.7 Å². The Labute approximate surface area is 268 Å². The van der Waals surface area contributed by atoms with Gasteiger partial charge in [-0.2, -0.15) is 35.5 Å². The number of fused-ring (bicyclic) bond motifs is 4. The smallest absolute Gasteiger partial charge is 0.0920 e. The van der Waals surface area contributed by atoms with Crippen molar-refractivity contribution >= 4 is 47.7 Å². The van der Waals surface area contributed by atoms with Gasteiger partial charge in [-0.25, -0.2) is 0 Å². The molecule has 0 atom stereocenters. The number of rotatable bonds is 3. The zero-order valence-electron chi connectivity index (χ0n) is 25.1. The Kier molecular flexibility index (Phi) is 11.0. The zero-order valence-corrected chi connectivity index (χ0v) is 30.1. The van der Waals surface area contributed by atoms with Gasteiger partial charge in [0.15, 0.2) is 0 Å². The standard InChI is InChI=1S/C25H31.C12H7Si.2ClH.Zr/c1-16(2)10-19-14-20-8-9-23(25(5,6)7)24(22(20)15-19)21-12-17(3)11-18(4)13-21;1-3-7-11-9(5-1)10-6-2-4-8-12(10)13-11;;;/h8-9,11-16H,10H2,1-7H3;1-7H;2*1H;/q2*-1;;;+4/p-2. The first kappa shape index (κ1) is 32.1. The van der Waals surface area contributed by atoms with Gasteiger partial charge in [0.05, 0.1) is 9.52 Å². The van der Waals surface area contributed by atoms with Crippen molar-refractivity contribution in [2.75, 3.05) is 0 Å². The van der Waals surface area contributed by atoms with Crippen molar-refractivity contribution in [3.8, 4) is 22.3 Å². The van der Waals surface area contributed by atoms with E-state index in [0.29, 0.717) is 5.92 Å². The molecule has 0 aliphatic carbocycles. The summed E-state index contributed by atoms with van der Waals surface area (Å²) in [5.41, 5.74) is 11.2. The van der Waals surface area contributed by atoms with Crippen molar-refractivity contribution in [1.82, 2.24) is 0 Å². The van der Waals surface area contributed by atoms with Crippen LogP contribution in [-0.4, -0.2) is 9.52 Å². The van der Waals surface area contributed by atoms with E-state index in [2.05, 4.69) is 133 Å². The molecule has 0 spiro atoms. The Hall–Kier alpha value is -1.83. The van der Waals surface area contributed by atoms with E-state index in [9.17, 15) is 0 Å². The molecule has 1 heterocycles. The van der Waals surface area contributed by atoms with Crippen LogP contribution < -0.4 is 10.4 Å². The van der Waals surface area contributed by atoms with Crippen molar-refractivity contribution in [1.29, 1.82) is 0 Å². The molecule has 4 heteroatoms. The van der Waals surface area contributed by atoms with E-state index in [1.54, 1.807) is 0 Å². The van der Waals surface area contributed by atoms with Gasteiger partial charge in [0, 0.05) is 0 Å². The summed E-state index contributed by atoms with van der Waals surface area (Å²) in [5, 5.41) is 5.61. The third-order valence-electron chi connectivity index (χ3n) is 7.25. The molecule has 1 aliphatic rings. The molecule has 6 rings (SSSR count). The minimum absolute atomic E-state index is 0.122. The topological polar surface area (TPSA) is 0 Å². The summed E-state index contributed by atoms with van der Waals surface area (Å²) in [5.74, 6) is 0.684. The summed E-state index contributed by atoms with van der Waals surface area (Å²) < 4.78 is 0. The van der Waals surface area contributed by atoms with Crippen molar-refractivity contribution in [3.05, 3.63) is 113 Å². The molecule has 0 nitrogen and oxygen atoms in total. The maximum absolute atomic E-state index is 4.93. The SMILES string of the molecule is Cc1cc(C)cc(-c2c(C(C)(C)C)ccc3[cH-]c(CC(C)C)cc23)c1.[Cl][Zr+2][Cl].[c-]1cccc2c1[Si]c1ccccc1-2. The van der Waals surface area contributed by atoms with E-state index in [4.69, 9.17) is 17.0 Å². The van der Waals surface area contributed by atoms with Crippen molar-refractivity contribution < 1.29 is 20.8 Å². The molecule has 0 bridgehead atoms. The Morgan fingerprint density at radius 1 is 0.878 bits per heavy atom. The van der Waals surface area contributed by atoms with Gasteiger partial charge in [0.25, 0.3) is 0 Å². The first-order chi connectivity index (χ1) is 19.5. The zero-order chi connectivity index (χ0) is 29.7. The van der Waals surface area contributed by atoms with Crippen LogP contribution in [0.3, 0.4) is 0 Å². The molecule has 0 amide bonds. The molecule has 5 aromatic carbocycles. The second kappa shape index (κ2) is 14.1. The van der Waals surface area contributed by atoms with Crippen LogP contribution in [0.4, 0.5) is 0 Å². The first-order valence-electron chi connectivity index (χ1n) is 14.2. The van der Waals surface area contributed by atoms with Crippen LogP contribution >= 0.6 is 17.0 Å². The molecule has 0 unspecified atom stereocenters. The molecule has 0 fully saturated rings. The molecule has 0 N–H and O–H groups in total. The quantitative estimate of drug-likeness (QED) is 0.130. The molecule has 41 heavy (non-hydrogen) atoms. The Morgan fingerprint density at radius 2 is 1.54 bits per heavy atom. The molecular weight excluding hydrogens is 635 g/mol. The molecule has 2 radical (unpaired) electrons. The van der Waals surface area contributed by atoms with Gasteiger partial charge in [-0.1, -0.05) is 110 Å². The van der Waals surface area contributed by atoms with Gasteiger partial charge < -0.3 is 0 Å². The van der Waals surface area contributed by atoms with Gasteiger partial charge in [-0.05, 0) is 37.2 Å². The molecule has 5 aromatic rings. The minimum Gasteiger partial charge on any atom is -0.184 e. The molecule has 208 valence electrons. The van der Waals surface area contributed by atoms with Gasteiger partial charge in [-0.15, -0.1) is 40.1 Å². The fraction of sp³-hybridized carbons (Fsp3) is 0.270. The van der Waals surface area contributed by atoms with E-state index in [0.717, 1.165) is 15.9 Å². The van der Waals surface area contributed by atoms with Crippen molar-refractivity contribution in [3.63, 3.8) is 0 Å². The summed E-state index contributed by atoms with van der Waals surface area (Å²) in [6.45, 7) is 15.9. The minimum atomic E-state index is -0.826. The largest absolute Gasteiger partial charge is 0.184 e. The molecule has 0 saturated carbocycles. The molecule has 1 aliphatic heterocycles. The maximum Gasteiger partial charge on any atom is 0.0920 e. The second-order valence-corrected chi connectivity index (χ2v) is 17.3. The van der Waals surface area contributed by atoms with Crippen LogP contribution in [0.1, 0.15) is 56.9 Å². The summed E-state index contributed by atoms with van der Waals surface area (Å²) in [7, 11) is 10.7. The number of hydrogen-bond acceptors (Lipinski definition) is 0. The van der Waals surface area contributed by atoms with Crippen molar-refractivity contribution in [2.45, 2.75) is 60.3 Å². The average Bonchev–Trinajstić information content (AvgIpc) is 3.48. The average molecular weight is 673 g/mol. The predicted octanol–water partition coefficient (Wildman–Crippen LogP) is 9.84. The van der Waals surface area contributed by atoms with Gasteiger partial charge in [-0.3, -0.25) is 0 Å². The molecule has 0 aromatic heterocycles. The summed E-state index contributed by atoms with van der Waals surface area (Å²) >= 11 is -0.826. The van der Waals surface area contributed by atoms with E-state index >= 15 is 0 Å². The third kappa shape index (κ3) is 7.97. The second-order valence-electron chi connectivity index (χ2n) is 12.3. The monoisotopic (exact) mass is 670 g/mol. The van der Waals surface area contributed by atoms with Crippen molar-refractivity contribution in [2.24, 2.45) is 5.92 Å². The van der Waals surface area contributed by atoms with Crippen LogP contribution in [0.5, 0.6) is 0 Å². The van der Waals surface area contributed by atoms with Crippen LogP contribution in [0.15, 0.2) is 84.9 Å². The summed E-state index contributed by atoms with van der Waals surface area (Å²) in [6, 6.07) is 34.6. The molecule has 0 saturated heterocycles. The summed E-state index contributed by atoms with van der Waals surface area (Å²) in [4.78, 5) is 0. The Morgan fingerprint density at radius 3 is 2.20 bits per heavy atom. The van der Waals surface area contributed by atoms with Crippen LogP contribution in [0.2, 0.25) is 0 Å². The van der Waals surface area contributed by atoms with Crippen LogP contribution in [0.25, 0.3) is 33.0 Å². The van der Waals surface area contributed by atoms with Gasteiger partial charge in [0.1, 0.15) is 0 Å². The Bertz CT molecular complexity index is 1560. The van der Waals surface area contributed by atoms with E-state index in [-0.39, 0.29) is 5.41 Å². The number of benzene rings is 4. The van der Waals surface area contributed by atoms with Crippen LogP contribution in [0, 0.1) is 25.8 Å². The van der Waals surface area contributed by atoms with E-state index in [1.165, 1.54) is 65.7 Å².